The molecule has 1 heterocycles. The molecular weight excluding hydrogens is 176 g/mol. The predicted molar refractivity (Wildman–Crippen MR) is 54.8 cm³/mol. The molecule has 2 aromatic rings. The first kappa shape index (κ1) is 8.25. The number of nitrogens with zero attached hydrogens (tertiary/aromatic N) is 2. The van der Waals surface area contributed by atoms with Gasteiger partial charge < -0.3 is 0 Å². The Labute approximate surface area is 80.0 Å². The Morgan fingerprint density at radius 2 is 2.23 bits per heavy atom. The zero-order valence-electron chi connectivity index (χ0n) is 7.44. The van der Waals surface area contributed by atoms with Crippen LogP contribution in [0, 0.1) is 0 Å². The van der Waals surface area contributed by atoms with Crippen molar-refractivity contribution in [2.75, 3.05) is 0 Å². The van der Waals surface area contributed by atoms with Gasteiger partial charge in [-0.15, -0.1) is 0 Å². The molecule has 0 fully saturated rings. The van der Waals surface area contributed by atoms with Crippen LogP contribution in [-0.4, -0.2) is 19.3 Å². The minimum atomic E-state index is 0.840. The van der Waals surface area contributed by atoms with Gasteiger partial charge in [-0.25, -0.2) is 4.68 Å². The third-order valence-electron chi connectivity index (χ3n) is 1.90. The molecule has 2 nitrogen and oxygen atoms in total. The van der Waals surface area contributed by atoms with Gasteiger partial charge in [0, 0.05) is 12.4 Å². The number of hydrogen-bond acceptors (Lipinski definition) is 1. The molecule has 0 N–H and O–H groups in total. The summed E-state index contributed by atoms with van der Waals surface area (Å²) in [7, 11) is 0.840. The summed E-state index contributed by atoms with van der Waals surface area (Å²) in [5, 5.41) is 5.55. The van der Waals surface area contributed by atoms with Crippen molar-refractivity contribution in [1.29, 1.82) is 0 Å². The third-order valence-corrected chi connectivity index (χ3v) is 2.79. The first-order chi connectivity index (χ1) is 6.40. The third kappa shape index (κ3) is 1.70. The minimum Gasteiger partial charge on any atom is -0.241 e. The Kier molecular flexibility index (Phi) is 2.27. The van der Waals surface area contributed by atoms with Crippen molar-refractivity contribution >= 4 is 14.7 Å². The van der Waals surface area contributed by atoms with Crippen LogP contribution in [0.4, 0.5) is 0 Å². The van der Waals surface area contributed by atoms with Gasteiger partial charge in [0.2, 0.25) is 0 Å². The first-order valence-corrected chi connectivity index (χ1v) is 5.68. The summed E-state index contributed by atoms with van der Waals surface area (Å²) in [5.41, 5.74) is 1.14. The average Bonchev–Trinajstić information content (AvgIpc) is 2.71. The largest absolute Gasteiger partial charge is 0.241 e. The number of rotatable bonds is 2. The summed E-state index contributed by atoms with van der Waals surface area (Å²) in [6, 6.07) is 10.4. The Hall–Kier alpha value is -1.35. The van der Waals surface area contributed by atoms with Crippen molar-refractivity contribution in [3.63, 3.8) is 0 Å². The molecule has 0 bridgehead atoms. The fourth-order valence-electron chi connectivity index (χ4n) is 1.23. The van der Waals surface area contributed by atoms with Crippen LogP contribution in [0.1, 0.15) is 0 Å². The lowest BCUT2D eigenvalue weighted by atomic mass is 10.3. The van der Waals surface area contributed by atoms with Crippen molar-refractivity contribution in [1.82, 2.24) is 9.78 Å². The Bertz CT molecular complexity index is 382. The highest BCUT2D eigenvalue weighted by Gasteiger charge is 1.96. The summed E-state index contributed by atoms with van der Waals surface area (Å²) in [5.74, 6) is 0. The van der Waals surface area contributed by atoms with Crippen LogP contribution in [0.5, 0.6) is 0 Å². The molecule has 0 amide bonds. The maximum absolute atomic E-state index is 4.18. The molecule has 1 aromatic carbocycles. The molecule has 1 aromatic heterocycles. The lowest BCUT2D eigenvalue weighted by Crippen LogP contribution is -2.11. The summed E-state index contributed by atoms with van der Waals surface area (Å²) in [6.45, 7) is 2.18. The van der Waals surface area contributed by atoms with Gasteiger partial charge in [0.05, 0.1) is 15.2 Å². The van der Waals surface area contributed by atoms with Crippen LogP contribution in [0.3, 0.4) is 0 Å². The zero-order chi connectivity index (χ0) is 9.10. The molecule has 0 spiro atoms. The lowest BCUT2D eigenvalue weighted by Gasteiger charge is -2.02. The molecule has 2 rings (SSSR count). The monoisotopic (exact) mass is 186 g/mol. The van der Waals surface area contributed by atoms with E-state index in [0.29, 0.717) is 0 Å². The van der Waals surface area contributed by atoms with Gasteiger partial charge in [0.1, 0.15) is 0 Å². The normalized spacial score (nSPS) is 10.2. The van der Waals surface area contributed by atoms with E-state index >= 15 is 0 Å². The molecule has 0 unspecified atom stereocenters. The quantitative estimate of drug-likeness (QED) is 0.645. The molecule has 0 saturated carbocycles. The van der Waals surface area contributed by atoms with E-state index in [-0.39, 0.29) is 0 Å². The van der Waals surface area contributed by atoms with Crippen molar-refractivity contribution in [3.8, 4) is 5.69 Å². The number of aromatic nitrogens is 2. The van der Waals surface area contributed by atoms with E-state index in [0.717, 1.165) is 15.2 Å². The maximum atomic E-state index is 4.18. The summed E-state index contributed by atoms with van der Waals surface area (Å²) >= 11 is 0. The molecule has 0 aliphatic rings. The van der Waals surface area contributed by atoms with Crippen LogP contribution >= 0.6 is 0 Å². The number of benzene rings is 1. The molecule has 13 heavy (non-hydrogen) atoms. The zero-order valence-corrected chi connectivity index (χ0v) is 8.44. The average molecular weight is 186 g/mol. The molecule has 64 valence electrons. The van der Waals surface area contributed by atoms with Crippen LogP contribution in [0.15, 0.2) is 42.7 Å². The fourth-order valence-corrected chi connectivity index (χ4v) is 1.78. The summed E-state index contributed by atoms with van der Waals surface area (Å²) in [4.78, 5) is 0. The molecule has 2 radical (unpaired) electrons. The smallest absolute Gasteiger partial charge is 0.0774 e. The lowest BCUT2D eigenvalue weighted by molar-refractivity contribution is 0.881. The predicted octanol–water partition coefficient (Wildman–Crippen LogP) is 1.25. The van der Waals surface area contributed by atoms with Crippen molar-refractivity contribution in [2.45, 2.75) is 6.55 Å². The van der Waals surface area contributed by atoms with Crippen LogP contribution in [0.25, 0.3) is 5.69 Å². The van der Waals surface area contributed by atoms with E-state index in [2.05, 4.69) is 35.9 Å². The SMILES string of the molecule is C[Si]c1cccc(-n2cccn2)c1. The van der Waals surface area contributed by atoms with Crippen LogP contribution in [0.2, 0.25) is 6.55 Å². The second kappa shape index (κ2) is 3.58. The molecule has 0 atom stereocenters. The van der Waals surface area contributed by atoms with Crippen LogP contribution in [-0.2, 0) is 0 Å². The fraction of sp³-hybridized carbons (Fsp3) is 0.100. The second-order valence-corrected chi connectivity index (χ2v) is 3.83. The van der Waals surface area contributed by atoms with Gasteiger partial charge in [0.15, 0.2) is 0 Å². The van der Waals surface area contributed by atoms with E-state index in [1.165, 1.54) is 5.19 Å². The molecule has 0 saturated heterocycles. The van der Waals surface area contributed by atoms with E-state index < -0.39 is 0 Å². The maximum Gasteiger partial charge on any atom is 0.0774 e. The van der Waals surface area contributed by atoms with E-state index in [1.54, 1.807) is 6.20 Å². The second-order valence-electron chi connectivity index (χ2n) is 2.75. The van der Waals surface area contributed by atoms with E-state index in [4.69, 9.17) is 0 Å². The molecule has 3 heteroatoms. The highest BCUT2D eigenvalue weighted by Crippen LogP contribution is 2.02. The first-order valence-electron chi connectivity index (χ1n) is 4.18. The summed E-state index contributed by atoms with van der Waals surface area (Å²) in [6.07, 6.45) is 3.75. The number of hydrogen-bond donors (Lipinski definition) is 0. The Morgan fingerprint density at radius 1 is 1.31 bits per heavy atom. The molecule has 0 aliphatic carbocycles. The highest BCUT2D eigenvalue weighted by atomic mass is 28.2. The van der Waals surface area contributed by atoms with Crippen LogP contribution < -0.4 is 5.19 Å². The summed E-state index contributed by atoms with van der Waals surface area (Å²) < 4.78 is 1.88. The van der Waals surface area contributed by atoms with Gasteiger partial charge in [-0.2, -0.15) is 5.10 Å². The Balaban J connectivity index is 2.41. The van der Waals surface area contributed by atoms with Crippen molar-refractivity contribution < 1.29 is 0 Å². The van der Waals surface area contributed by atoms with Gasteiger partial charge >= 0.3 is 0 Å². The van der Waals surface area contributed by atoms with E-state index in [9.17, 15) is 0 Å². The van der Waals surface area contributed by atoms with Crippen molar-refractivity contribution in [2.24, 2.45) is 0 Å². The minimum absolute atomic E-state index is 0.840. The standard InChI is InChI=1S/C10H10N2Si/c1-13-10-5-2-4-9(8-10)12-7-3-6-11-12/h2-8H,1H3. The van der Waals surface area contributed by atoms with Gasteiger partial charge in [-0.3, -0.25) is 0 Å². The topological polar surface area (TPSA) is 17.8 Å². The van der Waals surface area contributed by atoms with Crippen molar-refractivity contribution in [3.05, 3.63) is 42.7 Å². The van der Waals surface area contributed by atoms with E-state index in [1.807, 2.05) is 16.9 Å². The Morgan fingerprint density at radius 3 is 2.92 bits per heavy atom. The van der Waals surface area contributed by atoms with Gasteiger partial charge in [-0.1, -0.05) is 23.9 Å². The molecule has 0 aliphatic heterocycles. The highest BCUT2D eigenvalue weighted by molar-refractivity contribution is 6.51. The van der Waals surface area contributed by atoms with Gasteiger partial charge in [-0.05, 0) is 18.2 Å². The van der Waals surface area contributed by atoms with Gasteiger partial charge in [0.25, 0.3) is 0 Å². The molecular formula is C10H10N2Si.